The molecule has 0 saturated carbocycles. The number of hydrogen-bond acceptors (Lipinski definition) is 4. The van der Waals surface area contributed by atoms with Crippen LogP contribution in [0.5, 0.6) is 11.5 Å². The molecule has 59 heavy (non-hydrogen) atoms. The first kappa shape index (κ1) is 36.4. The van der Waals surface area contributed by atoms with Crippen LogP contribution in [0.25, 0.3) is 60.6 Å². The first-order valence-corrected chi connectivity index (χ1v) is 19.5. The number of hydrogen-bond donors (Lipinski definition) is 0. The number of para-hydroxylation sites is 2. The van der Waals surface area contributed by atoms with Crippen LogP contribution in [0.2, 0.25) is 0 Å². The molecule has 0 N–H and O–H groups in total. The van der Waals surface area contributed by atoms with Gasteiger partial charge in [-0.3, -0.25) is 0 Å². The normalized spacial score (nSPS) is 12.2. The summed E-state index contributed by atoms with van der Waals surface area (Å²) in [6, 6.07) is 70.9. The quantitative estimate of drug-likeness (QED) is 0.149. The largest absolute Gasteiger partial charge is 0.509 e. The van der Waals surface area contributed by atoms with Crippen molar-refractivity contribution in [2.75, 3.05) is 9.80 Å². The van der Waals surface area contributed by atoms with Crippen molar-refractivity contribution >= 4 is 55.3 Å². The minimum Gasteiger partial charge on any atom is -0.509 e. The Morgan fingerprint density at radius 2 is 1.24 bits per heavy atom. The molecule has 3 heterocycles. The zero-order valence-electron chi connectivity index (χ0n) is 32.0. The summed E-state index contributed by atoms with van der Waals surface area (Å²) < 4.78 is 8.83. The van der Waals surface area contributed by atoms with E-state index in [-0.39, 0.29) is 21.1 Å². The topological polar surface area (TPSA) is 33.5 Å². The van der Waals surface area contributed by atoms with Crippen LogP contribution < -0.4 is 14.5 Å². The van der Waals surface area contributed by atoms with Gasteiger partial charge in [0, 0.05) is 77.9 Å². The van der Waals surface area contributed by atoms with E-state index in [1.807, 2.05) is 36.5 Å². The van der Waals surface area contributed by atoms with Crippen molar-refractivity contribution in [1.29, 1.82) is 0 Å². The first-order chi connectivity index (χ1) is 28.7. The summed E-state index contributed by atoms with van der Waals surface area (Å²) >= 11 is 0. The predicted octanol–water partition coefficient (Wildman–Crippen LogP) is 13.8. The Hall–Kier alpha value is -6.94. The molecule has 8 aromatic carbocycles. The van der Waals surface area contributed by atoms with Crippen molar-refractivity contribution in [3.63, 3.8) is 0 Å². The molecule has 2 aromatic heterocycles. The molecule has 0 amide bonds. The Morgan fingerprint density at radius 3 is 1.98 bits per heavy atom. The molecule has 1 aliphatic rings. The van der Waals surface area contributed by atoms with Crippen LogP contribution in [-0.4, -0.2) is 9.55 Å². The molecule has 0 unspecified atom stereocenters. The number of aromatic nitrogens is 2. The third-order valence-electron chi connectivity index (χ3n) is 10.9. The van der Waals surface area contributed by atoms with Crippen LogP contribution in [0.15, 0.2) is 188 Å². The molecule has 6 heteroatoms. The van der Waals surface area contributed by atoms with Crippen LogP contribution in [0, 0.1) is 25.7 Å². The minimum absolute atomic E-state index is 0. The SMILES string of the molecule is Cc1cc(Oc2[c-]c3c(cc2)c2ccccc2n3-c2ccccn2)[c-]c(N2[CH-]N(c3c(-c4ccccc4)cccc3-c3ccccc3)c3c2ccc2ccccc32)c1.[Pt]. The van der Waals surface area contributed by atoms with Gasteiger partial charge in [0.25, 0.3) is 0 Å². The third-order valence-corrected chi connectivity index (χ3v) is 10.9. The second kappa shape index (κ2) is 15.1. The Kier molecular flexibility index (Phi) is 9.31. The zero-order chi connectivity index (χ0) is 38.6. The maximum absolute atomic E-state index is 6.68. The summed E-state index contributed by atoms with van der Waals surface area (Å²) in [4.78, 5) is 9.31. The number of benzene rings is 8. The number of rotatable bonds is 7. The van der Waals surface area contributed by atoms with E-state index in [4.69, 9.17) is 9.72 Å². The molecule has 286 valence electrons. The number of fused-ring (bicyclic) bond motifs is 6. The zero-order valence-corrected chi connectivity index (χ0v) is 34.3. The Labute approximate surface area is 357 Å². The predicted molar refractivity (Wildman–Crippen MR) is 237 cm³/mol. The molecule has 0 radical (unpaired) electrons. The van der Waals surface area contributed by atoms with Gasteiger partial charge in [-0.15, -0.1) is 48.1 Å². The van der Waals surface area contributed by atoms with Gasteiger partial charge in [0.2, 0.25) is 0 Å². The van der Waals surface area contributed by atoms with Crippen molar-refractivity contribution in [3.8, 4) is 39.6 Å². The second-order valence-electron chi connectivity index (χ2n) is 14.6. The molecule has 0 aliphatic carbocycles. The van der Waals surface area contributed by atoms with Crippen molar-refractivity contribution in [2.24, 2.45) is 0 Å². The van der Waals surface area contributed by atoms with Crippen LogP contribution in [0.1, 0.15) is 5.56 Å². The number of ether oxygens (including phenoxy) is 1. The number of aryl methyl sites for hydroxylation is 1. The summed E-state index contributed by atoms with van der Waals surface area (Å²) in [5.74, 6) is 2.04. The fourth-order valence-electron chi connectivity index (χ4n) is 8.42. The summed E-state index contributed by atoms with van der Waals surface area (Å²) in [5, 5.41) is 4.56. The number of pyridine rings is 1. The number of anilines is 4. The van der Waals surface area contributed by atoms with Crippen molar-refractivity contribution in [3.05, 3.63) is 213 Å². The maximum Gasteiger partial charge on any atom is 0.135 e. The molecule has 0 saturated heterocycles. The van der Waals surface area contributed by atoms with Gasteiger partial charge in [0.05, 0.1) is 0 Å². The summed E-state index contributed by atoms with van der Waals surface area (Å²) in [5.41, 5.74) is 11.8. The molecule has 0 spiro atoms. The molecular formula is C53H35N4OPt-3. The van der Waals surface area contributed by atoms with E-state index in [0.717, 1.165) is 83.6 Å². The molecule has 11 rings (SSSR count). The summed E-state index contributed by atoms with van der Waals surface area (Å²) in [6.45, 7) is 4.31. The van der Waals surface area contributed by atoms with Crippen LogP contribution in [0.4, 0.5) is 22.7 Å². The maximum atomic E-state index is 6.68. The minimum atomic E-state index is 0. The van der Waals surface area contributed by atoms with Crippen molar-refractivity contribution in [1.82, 2.24) is 9.55 Å². The second-order valence-corrected chi connectivity index (χ2v) is 14.6. The van der Waals surface area contributed by atoms with Gasteiger partial charge in [0.15, 0.2) is 0 Å². The van der Waals surface area contributed by atoms with E-state index in [2.05, 4.69) is 192 Å². The number of nitrogens with zero attached hydrogens (tertiary/aromatic N) is 4. The molecule has 0 bridgehead atoms. The van der Waals surface area contributed by atoms with Crippen LogP contribution >= 0.6 is 0 Å². The molecule has 5 nitrogen and oxygen atoms in total. The molecule has 10 aromatic rings. The van der Waals surface area contributed by atoms with Crippen molar-refractivity contribution in [2.45, 2.75) is 6.92 Å². The Bertz CT molecular complexity index is 3090. The fourth-order valence-corrected chi connectivity index (χ4v) is 8.42. The molecule has 0 fully saturated rings. The first-order valence-electron chi connectivity index (χ1n) is 19.5. The molecular weight excluding hydrogens is 904 g/mol. The van der Waals surface area contributed by atoms with Crippen LogP contribution in [0.3, 0.4) is 0 Å². The smallest absolute Gasteiger partial charge is 0.135 e. The van der Waals surface area contributed by atoms with Gasteiger partial charge in [-0.1, -0.05) is 146 Å². The average Bonchev–Trinajstić information content (AvgIpc) is 3.83. The Morgan fingerprint density at radius 1 is 0.542 bits per heavy atom. The fraction of sp³-hybridized carbons (Fsp3) is 0.0189. The van der Waals surface area contributed by atoms with E-state index in [1.165, 1.54) is 5.39 Å². The Balaban J connectivity index is 0.00000420. The van der Waals surface area contributed by atoms with Gasteiger partial charge in [0.1, 0.15) is 5.82 Å². The molecule has 1 aliphatic heterocycles. The summed E-state index contributed by atoms with van der Waals surface area (Å²) in [7, 11) is 0. The van der Waals surface area contributed by atoms with Gasteiger partial charge >= 0.3 is 0 Å². The monoisotopic (exact) mass is 938 g/mol. The standard InChI is InChI=1S/C53H35N4O.Pt/c1-36-31-40(33-42(32-36)58-41-27-28-47-46-21-10-11-24-48(46)57(50(47)34-41)51-25-12-13-30-54-51)55-35-56(53-45-20-9-8-19-39(45)26-29-49(53)55)52-43(37-15-4-2-5-16-37)22-14-23-44(52)38-17-6-3-7-18-38;/h2-32,35H,1H3;/q-3;. The van der Waals surface area contributed by atoms with Gasteiger partial charge in [-0.25, -0.2) is 4.98 Å². The van der Waals surface area contributed by atoms with E-state index >= 15 is 0 Å². The summed E-state index contributed by atoms with van der Waals surface area (Å²) in [6.07, 6.45) is 1.82. The van der Waals surface area contributed by atoms with Gasteiger partial charge < -0.3 is 19.1 Å². The van der Waals surface area contributed by atoms with E-state index < -0.39 is 0 Å². The average molecular weight is 939 g/mol. The van der Waals surface area contributed by atoms with E-state index in [9.17, 15) is 0 Å². The van der Waals surface area contributed by atoms with Crippen molar-refractivity contribution < 1.29 is 25.8 Å². The van der Waals surface area contributed by atoms with Crippen LogP contribution in [-0.2, 0) is 21.1 Å². The van der Waals surface area contributed by atoms with Gasteiger partial charge in [-0.2, -0.15) is 11.6 Å². The molecule has 0 atom stereocenters. The van der Waals surface area contributed by atoms with Gasteiger partial charge in [-0.05, 0) is 46.2 Å². The third kappa shape index (κ3) is 6.35. The van der Waals surface area contributed by atoms with E-state index in [1.54, 1.807) is 0 Å². The van der Waals surface area contributed by atoms with E-state index in [0.29, 0.717) is 11.5 Å².